The summed E-state index contributed by atoms with van der Waals surface area (Å²) < 4.78 is 7.03. The van der Waals surface area contributed by atoms with E-state index in [-0.39, 0.29) is 5.91 Å². The number of thiazole rings is 1. The second-order valence-electron chi connectivity index (χ2n) is 7.98. The second-order valence-corrected chi connectivity index (χ2v) is 9.18. The number of carbonyl (C=O) groups excluding carboxylic acids is 1. The van der Waals surface area contributed by atoms with Crippen molar-refractivity contribution in [1.29, 1.82) is 0 Å². The second kappa shape index (κ2) is 8.72. The van der Waals surface area contributed by atoms with Crippen LogP contribution < -0.4 is 10.1 Å². The summed E-state index contributed by atoms with van der Waals surface area (Å²) in [5.41, 5.74) is 4.92. The van der Waals surface area contributed by atoms with Crippen LogP contribution in [0.1, 0.15) is 26.5 Å². The van der Waals surface area contributed by atoms with Crippen LogP contribution in [0.2, 0.25) is 0 Å². The molecule has 1 amide bonds. The predicted octanol–water partition coefficient (Wildman–Crippen LogP) is 5.73. The first kappa shape index (κ1) is 21.8. The van der Waals surface area contributed by atoms with E-state index in [2.05, 4.69) is 20.4 Å². The molecule has 3 aromatic heterocycles. The largest absolute Gasteiger partial charge is 0.496 e. The number of carbonyl (C=O) groups is 1. The molecule has 0 saturated heterocycles. The van der Waals surface area contributed by atoms with Gasteiger partial charge in [0.15, 0.2) is 10.9 Å². The van der Waals surface area contributed by atoms with Gasteiger partial charge in [0.05, 0.1) is 35.8 Å². The number of fused-ring (bicyclic) bond motifs is 1. The van der Waals surface area contributed by atoms with E-state index in [9.17, 15) is 4.79 Å². The van der Waals surface area contributed by atoms with Crippen molar-refractivity contribution in [1.82, 2.24) is 19.7 Å². The highest BCUT2D eigenvalue weighted by Crippen LogP contribution is 2.33. The minimum Gasteiger partial charge on any atom is -0.496 e. The monoisotopic (exact) mass is 469 g/mol. The van der Waals surface area contributed by atoms with Crippen LogP contribution in [0, 0.1) is 20.8 Å². The van der Waals surface area contributed by atoms with E-state index in [0.29, 0.717) is 22.2 Å². The van der Waals surface area contributed by atoms with Gasteiger partial charge >= 0.3 is 0 Å². The zero-order valence-electron chi connectivity index (χ0n) is 19.3. The van der Waals surface area contributed by atoms with E-state index in [4.69, 9.17) is 4.74 Å². The molecule has 0 radical (unpaired) electrons. The van der Waals surface area contributed by atoms with Gasteiger partial charge < -0.3 is 4.74 Å². The molecule has 7 nitrogen and oxygen atoms in total. The van der Waals surface area contributed by atoms with E-state index in [1.165, 1.54) is 11.3 Å². The third-order valence-corrected chi connectivity index (χ3v) is 6.63. The van der Waals surface area contributed by atoms with Crippen LogP contribution in [0.15, 0.2) is 60.8 Å². The minimum atomic E-state index is -0.254. The summed E-state index contributed by atoms with van der Waals surface area (Å²) in [6.45, 7) is 5.85. The van der Waals surface area contributed by atoms with Crippen LogP contribution >= 0.6 is 11.3 Å². The van der Waals surface area contributed by atoms with Gasteiger partial charge in [0.1, 0.15) is 5.75 Å². The first-order valence-corrected chi connectivity index (χ1v) is 11.6. The molecule has 0 fully saturated rings. The summed E-state index contributed by atoms with van der Waals surface area (Å²) in [6, 6.07) is 17.7. The zero-order chi connectivity index (χ0) is 23.8. The molecule has 0 bridgehead atoms. The molecular weight excluding hydrogens is 446 g/mol. The average molecular weight is 470 g/mol. The molecule has 0 unspecified atom stereocenters. The molecule has 170 valence electrons. The maximum atomic E-state index is 13.1. The van der Waals surface area contributed by atoms with E-state index < -0.39 is 0 Å². The van der Waals surface area contributed by atoms with Crippen molar-refractivity contribution in [2.75, 3.05) is 12.4 Å². The Hall–Kier alpha value is -4.04. The number of ether oxygens (including phenoxy) is 1. The number of hydrogen-bond donors (Lipinski definition) is 1. The van der Waals surface area contributed by atoms with Gasteiger partial charge in [-0.1, -0.05) is 18.2 Å². The van der Waals surface area contributed by atoms with Crippen LogP contribution in [0.25, 0.3) is 28.0 Å². The predicted molar refractivity (Wildman–Crippen MR) is 135 cm³/mol. The number of pyridine rings is 1. The fourth-order valence-electron chi connectivity index (χ4n) is 3.94. The number of para-hydroxylation sites is 1. The maximum Gasteiger partial charge on any atom is 0.260 e. The van der Waals surface area contributed by atoms with Gasteiger partial charge in [-0.05, 0) is 62.7 Å². The van der Waals surface area contributed by atoms with Gasteiger partial charge in [0.2, 0.25) is 0 Å². The highest BCUT2D eigenvalue weighted by molar-refractivity contribution is 7.16. The van der Waals surface area contributed by atoms with E-state index >= 15 is 0 Å². The lowest BCUT2D eigenvalue weighted by molar-refractivity contribution is 0.102. The first-order chi connectivity index (χ1) is 16.4. The molecule has 8 heteroatoms. The van der Waals surface area contributed by atoms with Crippen molar-refractivity contribution >= 4 is 33.3 Å². The average Bonchev–Trinajstić information content (AvgIpc) is 3.40. The molecular formula is C26H23N5O2S. The number of amides is 1. The van der Waals surface area contributed by atoms with Crippen LogP contribution in [0.3, 0.4) is 0 Å². The summed E-state index contributed by atoms with van der Waals surface area (Å²) in [5.74, 6) is 1.24. The highest BCUT2D eigenvalue weighted by Gasteiger charge is 2.19. The summed E-state index contributed by atoms with van der Waals surface area (Å²) in [5, 5.41) is 8.94. The van der Waals surface area contributed by atoms with Crippen molar-refractivity contribution < 1.29 is 9.53 Å². The molecule has 0 spiro atoms. The molecule has 0 aliphatic carbocycles. The minimum absolute atomic E-state index is 0.254. The maximum absolute atomic E-state index is 13.1. The summed E-state index contributed by atoms with van der Waals surface area (Å²) in [7, 11) is 1.66. The molecule has 5 rings (SSSR count). The van der Waals surface area contributed by atoms with Crippen molar-refractivity contribution in [2.45, 2.75) is 20.8 Å². The SMILES string of the molecule is COc1ccc(-c2nc(NC(=O)c3cnn(-c4ccc5ccccc5n4)c3C)sc2C)cc1C. The Morgan fingerprint density at radius 2 is 1.85 bits per heavy atom. The lowest BCUT2D eigenvalue weighted by Crippen LogP contribution is -2.13. The summed E-state index contributed by atoms with van der Waals surface area (Å²) in [6.07, 6.45) is 1.57. The smallest absolute Gasteiger partial charge is 0.260 e. The van der Waals surface area contributed by atoms with Gasteiger partial charge in [-0.15, -0.1) is 11.3 Å². The molecule has 0 aliphatic heterocycles. The van der Waals surface area contributed by atoms with Gasteiger partial charge in [-0.2, -0.15) is 5.10 Å². The van der Waals surface area contributed by atoms with Gasteiger partial charge in [0.25, 0.3) is 5.91 Å². The van der Waals surface area contributed by atoms with Crippen molar-refractivity contribution in [3.05, 3.63) is 82.5 Å². The van der Waals surface area contributed by atoms with Crippen molar-refractivity contribution in [2.24, 2.45) is 0 Å². The van der Waals surface area contributed by atoms with Crippen LogP contribution in [0.4, 0.5) is 5.13 Å². The molecule has 0 aliphatic rings. The van der Waals surface area contributed by atoms with E-state index in [0.717, 1.165) is 38.4 Å². The normalized spacial score (nSPS) is 11.1. The highest BCUT2D eigenvalue weighted by atomic mass is 32.1. The Morgan fingerprint density at radius 3 is 2.65 bits per heavy atom. The van der Waals surface area contributed by atoms with E-state index in [1.54, 1.807) is 18.0 Å². The number of methoxy groups -OCH3 is 1. The van der Waals surface area contributed by atoms with Gasteiger partial charge in [0, 0.05) is 15.8 Å². The van der Waals surface area contributed by atoms with Gasteiger partial charge in [-0.3, -0.25) is 10.1 Å². The Bertz CT molecular complexity index is 1540. The topological polar surface area (TPSA) is 81.9 Å². The molecule has 3 heterocycles. The fourth-order valence-corrected chi connectivity index (χ4v) is 4.78. The number of hydrogen-bond acceptors (Lipinski definition) is 6. The molecule has 5 aromatic rings. The molecule has 0 atom stereocenters. The van der Waals surface area contributed by atoms with Crippen molar-refractivity contribution in [3.8, 4) is 22.8 Å². The molecule has 0 saturated carbocycles. The zero-order valence-corrected chi connectivity index (χ0v) is 20.1. The van der Waals surface area contributed by atoms with Crippen LogP contribution in [-0.2, 0) is 0 Å². The third-order valence-electron chi connectivity index (χ3n) is 5.74. The number of nitrogens with zero attached hydrogens (tertiary/aromatic N) is 4. The quantitative estimate of drug-likeness (QED) is 0.355. The molecule has 34 heavy (non-hydrogen) atoms. The Kier molecular flexibility index (Phi) is 5.59. The molecule has 2 aromatic carbocycles. The van der Waals surface area contributed by atoms with Gasteiger partial charge in [-0.25, -0.2) is 14.6 Å². The van der Waals surface area contributed by atoms with Crippen molar-refractivity contribution in [3.63, 3.8) is 0 Å². The lowest BCUT2D eigenvalue weighted by atomic mass is 10.1. The Balaban J connectivity index is 1.39. The third kappa shape index (κ3) is 3.92. The number of benzene rings is 2. The Morgan fingerprint density at radius 1 is 1.03 bits per heavy atom. The Labute approximate surface area is 201 Å². The molecule has 1 N–H and O–H groups in total. The standard InChI is InChI=1S/C26H23N5O2S/c1-15-13-19(9-11-22(15)33-4)24-17(3)34-26(29-24)30-25(32)20-14-27-31(16(20)2)23-12-10-18-7-5-6-8-21(18)28-23/h5-14H,1-4H3,(H,29,30,32). The fraction of sp³-hybridized carbons (Fsp3) is 0.154. The summed E-state index contributed by atoms with van der Waals surface area (Å²) >= 11 is 1.44. The first-order valence-electron chi connectivity index (χ1n) is 10.8. The van der Waals surface area contributed by atoms with Crippen LogP contribution in [0.5, 0.6) is 5.75 Å². The number of aryl methyl sites for hydroxylation is 2. The van der Waals surface area contributed by atoms with E-state index in [1.807, 2.05) is 75.4 Å². The number of aromatic nitrogens is 4. The van der Waals surface area contributed by atoms with Crippen LogP contribution in [-0.4, -0.2) is 32.8 Å². The number of anilines is 1. The summed E-state index contributed by atoms with van der Waals surface area (Å²) in [4.78, 5) is 23.4. The lowest BCUT2D eigenvalue weighted by Gasteiger charge is -2.06. The number of rotatable bonds is 5. The number of nitrogens with one attached hydrogen (secondary N) is 1.